The van der Waals surface area contributed by atoms with Crippen molar-refractivity contribution >= 4 is 5.78 Å². The third-order valence-electron chi connectivity index (χ3n) is 4.98. The van der Waals surface area contributed by atoms with E-state index in [2.05, 4.69) is 26.0 Å². The quantitative estimate of drug-likeness (QED) is 0.752. The summed E-state index contributed by atoms with van der Waals surface area (Å²) in [7, 11) is 3.32. The standard InChI is InChI=1S/C18H26O3.C2H6/c1-5-9-18(10-8-15(19)11-13(18)2)14-6-7-16(20-3)17(12-14)21-4;1-2/h6-7,12-13H,5,8-11H2,1-4H3;1-2H3. The van der Waals surface area contributed by atoms with E-state index in [0.717, 1.165) is 30.8 Å². The Labute approximate surface area is 141 Å². The number of ether oxygens (including phenoxy) is 2. The number of hydrogen-bond acceptors (Lipinski definition) is 3. The van der Waals surface area contributed by atoms with Crippen LogP contribution in [0.2, 0.25) is 0 Å². The summed E-state index contributed by atoms with van der Waals surface area (Å²) in [5.74, 6) is 2.30. The number of ketones is 1. The maximum atomic E-state index is 11.8. The van der Waals surface area contributed by atoms with E-state index in [9.17, 15) is 4.79 Å². The molecule has 3 heteroatoms. The molecule has 2 rings (SSSR count). The Morgan fingerprint density at radius 2 is 1.83 bits per heavy atom. The first-order chi connectivity index (χ1) is 11.1. The average Bonchev–Trinajstić information content (AvgIpc) is 2.59. The zero-order valence-corrected chi connectivity index (χ0v) is 15.6. The molecular formula is C20H32O3. The molecule has 0 spiro atoms. The molecule has 1 aliphatic carbocycles. The van der Waals surface area contributed by atoms with E-state index in [-0.39, 0.29) is 5.41 Å². The van der Waals surface area contributed by atoms with Crippen molar-refractivity contribution in [1.29, 1.82) is 0 Å². The molecule has 1 aromatic carbocycles. The minimum atomic E-state index is 0.0855. The Bertz CT molecular complexity index is 510. The molecule has 0 heterocycles. The lowest BCUT2D eigenvalue weighted by molar-refractivity contribution is -0.123. The zero-order chi connectivity index (χ0) is 17.5. The van der Waals surface area contributed by atoms with E-state index < -0.39 is 0 Å². The molecule has 1 aromatic rings. The molecule has 0 bridgehead atoms. The number of benzene rings is 1. The molecule has 3 nitrogen and oxygen atoms in total. The minimum Gasteiger partial charge on any atom is -0.493 e. The van der Waals surface area contributed by atoms with Crippen molar-refractivity contribution in [2.45, 2.75) is 65.2 Å². The second-order valence-corrected chi connectivity index (χ2v) is 6.12. The Morgan fingerprint density at radius 1 is 1.17 bits per heavy atom. The molecule has 23 heavy (non-hydrogen) atoms. The number of rotatable bonds is 5. The summed E-state index contributed by atoms with van der Waals surface area (Å²) in [6.07, 6.45) is 4.55. The van der Waals surface area contributed by atoms with Gasteiger partial charge in [-0.3, -0.25) is 4.79 Å². The lowest BCUT2D eigenvalue weighted by atomic mass is 9.61. The van der Waals surface area contributed by atoms with Gasteiger partial charge >= 0.3 is 0 Å². The van der Waals surface area contributed by atoms with Crippen molar-refractivity contribution in [3.8, 4) is 11.5 Å². The summed E-state index contributed by atoms with van der Waals surface area (Å²) in [6.45, 7) is 8.43. The van der Waals surface area contributed by atoms with Crippen molar-refractivity contribution in [1.82, 2.24) is 0 Å². The van der Waals surface area contributed by atoms with E-state index >= 15 is 0 Å². The van der Waals surface area contributed by atoms with Gasteiger partial charge in [-0.05, 0) is 41.9 Å². The third-order valence-corrected chi connectivity index (χ3v) is 4.98. The van der Waals surface area contributed by atoms with Crippen LogP contribution in [0, 0.1) is 5.92 Å². The molecule has 130 valence electrons. The Morgan fingerprint density at radius 3 is 2.35 bits per heavy atom. The third kappa shape index (κ3) is 4.07. The minimum absolute atomic E-state index is 0.0855. The smallest absolute Gasteiger partial charge is 0.161 e. The van der Waals surface area contributed by atoms with E-state index in [4.69, 9.17) is 9.47 Å². The van der Waals surface area contributed by atoms with Crippen LogP contribution in [0.3, 0.4) is 0 Å². The van der Waals surface area contributed by atoms with Crippen molar-refractivity contribution < 1.29 is 14.3 Å². The molecule has 1 fully saturated rings. The monoisotopic (exact) mass is 320 g/mol. The van der Waals surface area contributed by atoms with Crippen LogP contribution in [0.15, 0.2) is 18.2 Å². The fourth-order valence-corrected chi connectivity index (χ4v) is 3.78. The summed E-state index contributed by atoms with van der Waals surface area (Å²) >= 11 is 0. The van der Waals surface area contributed by atoms with Crippen molar-refractivity contribution in [2.75, 3.05) is 14.2 Å². The van der Waals surface area contributed by atoms with Gasteiger partial charge < -0.3 is 9.47 Å². The topological polar surface area (TPSA) is 35.5 Å². The molecule has 0 saturated heterocycles. The van der Waals surface area contributed by atoms with Gasteiger partial charge in [0.25, 0.3) is 0 Å². The molecule has 0 N–H and O–H groups in total. The van der Waals surface area contributed by atoms with Crippen LogP contribution in [0.25, 0.3) is 0 Å². The van der Waals surface area contributed by atoms with Gasteiger partial charge in [0.05, 0.1) is 14.2 Å². The highest BCUT2D eigenvalue weighted by molar-refractivity contribution is 5.80. The molecule has 0 amide bonds. The first-order valence-electron chi connectivity index (χ1n) is 8.81. The Balaban J connectivity index is 0.00000127. The van der Waals surface area contributed by atoms with Gasteiger partial charge in [0.2, 0.25) is 0 Å². The predicted octanol–water partition coefficient (Wildman–Crippen LogP) is 5.16. The van der Waals surface area contributed by atoms with Gasteiger partial charge in [-0.2, -0.15) is 0 Å². The fourth-order valence-electron chi connectivity index (χ4n) is 3.78. The van der Waals surface area contributed by atoms with Crippen LogP contribution in [-0.4, -0.2) is 20.0 Å². The van der Waals surface area contributed by atoms with Gasteiger partial charge in [0.15, 0.2) is 11.5 Å². The molecule has 2 unspecified atom stereocenters. The summed E-state index contributed by atoms with van der Waals surface area (Å²) in [5.41, 5.74) is 1.37. The highest BCUT2D eigenvalue weighted by Gasteiger charge is 2.41. The first kappa shape index (κ1) is 19.5. The summed E-state index contributed by atoms with van der Waals surface area (Å²) in [6, 6.07) is 6.22. The second-order valence-electron chi connectivity index (χ2n) is 6.12. The maximum Gasteiger partial charge on any atom is 0.161 e. The lowest BCUT2D eigenvalue weighted by Gasteiger charge is -2.43. The number of Topliss-reactive ketones (excluding diaryl/α,β-unsaturated/α-hetero) is 1. The fraction of sp³-hybridized carbons (Fsp3) is 0.650. The van der Waals surface area contributed by atoms with Crippen molar-refractivity contribution in [2.24, 2.45) is 5.92 Å². The van der Waals surface area contributed by atoms with E-state index in [0.29, 0.717) is 24.5 Å². The van der Waals surface area contributed by atoms with Crippen LogP contribution >= 0.6 is 0 Å². The highest BCUT2D eigenvalue weighted by atomic mass is 16.5. The number of hydrogen-bond donors (Lipinski definition) is 0. The molecule has 2 atom stereocenters. The molecule has 0 aromatic heterocycles. The van der Waals surface area contributed by atoms with Gasteiger partial charge in [-0.1, -0.05) is 40.2 Å². The second kappa shape index (κ2) is 8.95. The largest absolute Gasteiger partial charge is 0.493 e. The van der Waals surface area contributed by atoms with Crippen LogP contribution in [0.4, 0.5) is 0 Å². The lowest BCUT2D eigenvalue weighted by Crippen LogP contribution is -2.39. The Hall–Kier alpha value is -1.51. The van der Waals surface area contributed by atoms with Crippen LogP contribution in [-0.2, 0) is 10.2 Å². The molecule has 0 aliphatic heterocycles. The summed E-state index contributed by atoms with van der Waals surface area (Å²) in [5, 5.41) is 0. The van der Waals surface area contributed by atoms with Gasteiger partial charge in [0, 0.05) is 12.8 Å². The zero-order valence-electron chi connectivity index (χ0n) is 15.6. The van der Waals surface area contributed by atoms with Crippen molar-refractivity contribution in [3.05, 3.63) is 23.8 Å². The summed E-state index contributed by atoms with van der Waals surface area (Å²) < 4.78 is 10.8. The van der Waals surface area contributed by atoms with Crippen LogP contribution < -0.4 is 9.47 Å². The van der Waals surface area contributed by atoms with Crippen LogP contribution in [0.1, 0.15) is 65.4 Å². The average molecular weight is 320 g/mol. The van der Waals surface area contributed by atoms with Crippen LogP contribution in [0.5, 0.6) is 11.5 Å². The van der Waals surface area contributed by atoms with Gasteiger partial charge in [-0.15, -0.1) is 0 Å². The Kier molecular flexibility index (Phi) is 7.60. The SMILES string of the molecule is CC.CCCC1(c2ccc(OC)c(OC)c2)CCC(=O)CC1C. The number of methoxy groups -OCH3 is 2. The number of carbonyl (C=O) groups is 1. The van der Waals surface area contributed by atoms with Gasteiger partial charge in [-0.25, -0.2) is 0 Å². The van der Waals surface area contributed by atoms with Crippen molar-refractivity contribution in [3.63, 3.8) is 0 Å². The van der Waals surface area contributed by atoms with E-state index in [1.807, 2.05) is 19.9 Å². The number of carbonyl (C=O) groups excluding carboxylic acids is 1. The highest BCUT2D eigenvalue weighted by Crippen LogP contribution is 2.47. The van der Waals surface area contributed by atoms with E-state index in [1.165, 1.54) is 5.56 Å². The normalized spacial score (nSPS) is 23.7. The predicted molar refractivity (Wildman–Crippen MR) is 95.5 cm³/mol. The molecule has 1 saturated carbocycles. The van der Waals surface area contributed by atoms with Gasteiger partial charge in [0.1, 0.15) is 5.78 Å². The molecule has 0 radical (unpaired) electrons. The molecule has 1 aliphatic rings. The maximum absolute atomic E-state index is 11.8. The summed E-state index contributed by atoms with van der Waals surface area (Å²) in [4.78, 5) is 11.8. The first-order valence-corrected chi connectivity index (χ1v) is 8.81. The van der Waals surface area contributed by atoms with E-state index in [1.54, 1.807) is 14.2 Å². The molecular weight excluding hydrogens is 288 g/mol.